The van der Waals surface area contributed by atoms with Gasteiger partial charge in [-0.05, 0) is 30.9 Å². The Bertz CT molecular complexity index is 402. The number of aldehydes is 1. The maximum absolute atomic E-state index is 10.7. The van der Waals surface area contributed by atoms with Crippen molar-refractivity contribution in [2.45, 2.75) is 45.3 Å². The molecule has 4 heteroatoms. The van der Waals surface area contributed by atoms with Crippen LogP contribution in [0.5, 0.6) is 0 Å². The van der Waals surface area contributed by atoms with Gasteiger partial charge in [0, 0.05) is 12.3 Å². The summed E-state index contributed by atoms with van der Waals surface area (Å²) < 4.78 is 11.7. The van der Waals surface area contributed by atoms with Crippen LogP contribution in [0.4, 0.5) is 0 Å². The second-order valence-electron chi connectivity index (χ2n) is 5.31. The van der Waals surface area contributed by atoms with Crippen molar-refractivity contribution in [3.8, 4) is 0 Å². The average molecular weight is 265 g/mol. The summed E-state index contributed by atoms with van der Waals surface area (Å²) in [4.78, 5) is 13.8. The number of carbonyl (C=O) groups is 1. The third kappa shape index (κ3) is 3.67. The molecule has 0 radical (unpaired) electrons. The van der Waals surface area contributed by atoms with Crippen LogP contribution in [0.15, 0.2) is 12.1 Å². The lowest BCUT2D eigenvalue weighted by molar-refractivity contribution is -0.0210. The van der Waals surface area contributed by atoms with Crippen molar-refractivity contribution in [2.75, 3.05) is 13.2 Å². The van der Waals surface area contributed by atoms with Crippen LogP contribution >= 0.6 is 0 Å². The Hall–Kier alpha value is -1.13. The number of carbonyl (C=O) groups excluding carboxylic acids is 1. The van der Waals surface area contributed by atoms with E-state index in [2.05, 4.69) is 18.8 Å². The van der Waals surface area contributed by atoms with E-state index in [-0.39, 0.29) is 12.2 Å². The molecule has 1 fully saturated rings. The molecule has 4 nitrogen and oxygen atoms in total. The molecule has 1 saturated heterocycles. The van der Waals surface area contributed by atoms with Gasteiger partial charge in [0.2, 0.25) is 0 Å². The van der Waals surface area contributed by atoms with Gasteiger partial charge in [-0.3, -0.25) is 4.79 Å². The van der Waals surface area contributed by atoms with E-state index >= 15 is 0 Å². The molecule has 1 aliphatic heterocycles. The number of unbranched alkanes of at least 4 members (excludes halogenated alkanes) is 1. The van der Waals surface area contributed by atoms with E-state index in [0.717, 1.165) is 37.8 Å². The highest BCUT2D eigenvalue weighted by Gasteiger charge is 2.34. The Morgan fingerprint density at radius 1 is 1.53 bits per heavy atom. The number of aromatic nitrogens is 1. The van der Waals surface area contributed by atoms with Gasteiger partial charge in [-0.1, -0.05) is 20.3 Å². The van der Waals surface area contributed by atoms with Gasteiger partial charge >= 0.3 is 0 Å². The Morgan fingerprint density at radius 3 is 3.05 bits per heavy atom. The summed E-state index contributed by atoms with van der Waals surface area (Å²) in [5.41, 5.74) is 1.60. The summed E-state index contributed by atoms with van der Waals surface area (Å²) >= 11 is 0. The minimum absolute atomic E-state index is 0.0495. The predicted molar refractivity (Wildman–Crippen MR) is 73.3 cm³/mol. The van der Waals surface area contributed by atoms with Crippen LogP contribution in [-0.2, 0) is 9.47 Å². The predicted octanol–water partition coefficient (Wildman–Crippen LogP) is 3.11. The fourth-order valence-corrected chi connectivity index (χ4v) is 2.55. The highest BCUT2D eigenvalue weighted by Crippen LogP contribution is 2.37. The van der Waals surface area contributed by atoms with E-state index in [9.17, 15) is 4.79 Å². The van der Waals surface area contributed by atoms with Gasteiger partial charge in [0.25, 0.3) is 0 Å². The minimum atomic E-state index is 0.0495. The van der Waals surface area contributed by atoms with E-state index in [1.165, 1.54) is 0 Å². The molecule has 0 saturated carbocycles. The number of rotatable bonds is 7. The second-order valence-corrected chi connectivity index (χ2v) is 5.31. The first kappa shape index (κ1) is 14.3. The number of hydrogen-bond donors (Lipinski definition) is 1. The van der Waals surface area contributed by atoms with Crippen LogP contribution in [-0.4, -0.2) is 30.6 Å². The van der Waals surface area contributed by atoms with Gasteiger partial charge in [0.1, 0.15) is 6.10 Å². The third-order valence-electron chi connectivity index (χ3n) is 3.60. The van der Waals surface area contributed by atoms with Gasteiger partial charge in [0.05, 0.1) is 18.4 Å². The quantitative estimate of drug-likeness (QED) is 0.609. The van der Waals surface area contributed by atoms with Crippen molar-refractivity contribution in [3.05, 3.63) is 23.5 Å². The van der Waals surface area contributed by atoms with Crippen LogP contribution in [0.1, 0.15) is 55.4 Å². The highest BCUT2D eigenvalue weighted by molar-refractivity contribution is 5.72. The van der Waals surface area contributed by atoms with Gasteiger partial charge in [-0.25, -0.2) is 0 Å². The Morgan fingerprint density at radius 2 is 2.37 bits per heavy atom. The van der Waals surface area contributed by atoms with Crippen molar-refractivity contribution < 1.29 is 14.3 Å². The molecule has 1 N–H and O–H groups in total. The number of H-pyrrole nitrogens is 1. The standard InChI is InChI=1S/C15H23NO3/c1-3-4-7-18-10-13-8-11(2)15(19-13)14-6-5-12(9-17)16-14/h5-6,9,11,13,15-16H,3-4,7-8,10H2,1-2H3/t11-,13-,15?/m0/s1. The lowest BCUT2D eigenvalue weighted by Gasteiger charge is -2.14. The summed E-state index contributed by atoms with van der Waals surface area (Å²) in [5, 5.41) is 0. The van der Waals surface area contributed by atoms with E-state index in [1.807, 2.05) is 6.07 Å². The second kappa shape index (κ2) is 6.87. The van der Waals surface area contributed by atoms with Crippen molar-refractivity contribution in [3.63, 3.8) is 0 Å². The Kier molecular flexibility index (Phi) is 5.16. The zero-order valence-corrected chi connectivity index (χ0v) is 11.7. The number of nitrogens with one attached hydrogen (secondary N) is 1. The maximum atomic E-state index is 10.7. The SMILES string of the molecule is CCCCOC[C@@H]1C[C@H](C)C(c2ccc(C=O)[nH]2)O1. The van der Waals surface area contributed by atoms with Gasteiger partial charge < -0.3 is 14.5 Å². The fourth-order valence-electron chi connectivity index (χ4n) is 2.55. The van der Waals surface area contributed by atoms with E-state index in [1.54, 1.807) is 6.07 Å². The molecule has 1 aromatic rings. The number of hydrogen-bond acceptors (Lipinski definition) is 3. The summed E-state index contributed by atoms with van der Waals surface area (Å²) in [7, 11) is 0. The zero-order chi connectivity index (χ0) is 13.7. The van der Waals surface area contributed by atoms with E-state index in [0.29, 0.717) is 18.2 Å². The summed E-state index contributed by atoms with van der Waals surface area (Å²) in [6.45, 7) is 5.82. The number of ether oxygens (including phenoxy) is 2. The molecule has 106 valence electrons. The summed E-state index contributed by atoms with van der Waals surface area (Å²) in [5.74, 6) is 0.443. The molecule has 2 heterocycles. The molecule has 2 rings (SSSR count). The first-order chi connectivity index (χ1) is 9.24. The Labute approximate surface area is 114 Å². The van der Waals surface area contributed by atoms with Crippen LogP contribution in [0.3, 0.4) is 0 Å². The lowest BCUT2D eigenvalue weighted by Crippen LogP contribution is -2.15. The van der Waals surface area contributed by atoms with Gasteiger partial charge in [0.15, 0.2) is 6.29 Å². The monoisotopic (exact) mass is 265 g/mol. The molecule has 0 spiro atoms. The average Bonchev–Trinajstić information content (AvgIpc) is 3.01. The Balaban J connectivity index is 1.85. The third-order valence-corrected chi connectivity index (χ3v) is 3.60. The van der Waals surface area contributed by atoms with Crippen LogP contribution in [0.25, 0.3) is 0 Å². The molecule has 1 aromatic heterocycles. The van der Waals surface area contributed by atoms with Crippen molar-refractivity contribution in [1.29, 1.82) is 0 Å². The first-order valence-corrected chi connectivity index (χ1v) is 7.12. The molecular weight excluding hydrogens is 242 g/mol. The number of aromatic amines is 1. The first-order valence-electron chi connectivity index (χ1n) is 7.12. The van der Waals surface area contributed by atoms with Gasteiger partial charge in [-0.15, -0.1) is 0 Å². The minimum Gasteiger partial charge on any atom is -0.379 e. The normalized spacial score (nSPS) is 26.7. The lowest BCUT2D eigenvalue weighted by atomic mass is 10.00. The maximum Gasteiger partial charge on any atom is 0.166 e. The van der Waals surface area contributed by atoms with Crippen LogP contribution < -0.4 is 0 Å². The van der Waals surface area contributed by atoms with Crippen molar-refractivity contribution >= 4 is 6.29 Å². The molecule has 0 aliphatic carbocycles. The highest BCUT2D eigenvalue weighted by atomic mass is 16.5. The summed E-state index contributed by atoms with van der Waals surface area (Å²) in [6.07, 6.45) is 4.31. The smallest absolute Gasteiger partial charge is 0.166 e. The molecule has 0 aromatic carbocycles. The van der Waals surface area contributed by atoms with Crippen LogP contribution in [0, 0.1) is 5.92 Å². The van der Waals surface area contributed by atoms with E-state index < -0.39 is 0 Å². The summed E-state index contributed by atoms with van der Waals surface area (Å²) in [6, 6.07) is 3.73. The topological polar surface area (TPSA) is 51.3 Å². The molecule has 0 bridgehead atoms. The molecule has 0 amide bonds. The molecule has 1 aliphatic rings. The molecular formula is C15H23NO3. The van der Waals surface area contributed by atoms with Gasteiger partial charge in [-0.2, -0.15) is 0 Å². The molecule has 19 heavy (non-hydrogen) atoms. The van der Waals surface area contributed by atoms with Crippen molar-refractivity contribution in [1.82, 2.24) is 4.98 Å². The van der Waals surface area contributed by atoms with E-state index in [4.69, 9.17) is 9.47 Å². The molecule has 3 atom stereocenters. The zero-order valence-electron chi connectivity index (χ0n) is 11.7. The van der Waals surface area contributed by atoms with Crippen molar-refractivity contribution in [2.24, 2.45) is 5.92 Å². The molecule has 1 unspecified atom stereocenters. The largest absolute Gasteiger partial charge is 0.379 e. The fraction of sp³-hybridized carbons (Fsp3) is 0.667. The van der Waals surface area contributed by atoms with Crippen LogP contribution in [0.2, 0.25) is 0 Å².